The normalized spacial score (nSPS) is 10.6. The summed E-state index contributed by atoms with van der Waals surface area (Å²) < 4.78 is 13.3. The Morgan fingerprint density at radius 1 is 1.11 bits per heavy atom. The summed E-state index contributed by atoms with van der Waals surface area (Å²) in [6, 6.07) is 8.71. The van der Waals surface area contributed by atoms with Crippen LogP contribution in [0.25, 0.3) is 0 Å². The first-order valence-electron chi connectivity index (χ1n) is 11.0. The van der Waals surface area contributed by atoms with Crippen LogP contribution in [-0.2, 0) is 17.9 Å². The lowest BCUT2D eigenvalue weighted by Crippen LogP contribution is -2.25. The minimum Gasteiger partial charge on any atom is -0.493 e. The number of hydrogen-bond donors (Lipinski definition) is 2. The van der Waals surface area contributed by atoms with Crippen LogP contribution >= 0.6 is 27.7 Å². The molecule has 2 amide bonds. The number of nitrogens with one attached hydrogen (secondary N) is 2. The lowest BCUT2D eigenvalue weighted by atomic mass is 10.1. The third kappa shape index (κ3) is 6.46. The summed E-state index contributed by atoms with van der Waals surface area (Å²) in [5.41, 5.74) is 3.27. The van der Waals surface area contributed by atoms with Gasteiger partial charge in [-0.3, -0.25) is 9.59 Å². The number of halogens is 1. The number of thioether (sulfide) groups is 1. The van der Waals surface area contributed by atoms with E-state index in [1.54, 1.807) is 24.3 Å². The average molecular weight is 575 g/mol. The van der Waals surface area contributed by atoms with Gasteiger partial charge in [-0.25, -0.2) is 0 Å². The number of nitrogens with zero attached hydrogens (tertiary/aromatic N) is 3. The largest absolute Gasteiger partial charge is 0.493 e. The molecule has 1 heterocycles. The van der Waals surface area contributed by atoms with E-state index in [9.17, 15) is 9.59 Å². The minimum absolute atomic E-state index is 0.151. The summed E-state index contributed by atoms with van der Waals surface area (Å²) in [4.78, 5) is 25.3. The monoisotopic (exact) mass is 573 g/mol. The molecule has 190 valence electrons. The zero-order chi connectivity index (χ0) is 26.2. The molecule has 0 aliphatic carbocycles. The van der Waals surface area contributed by atoms with E-state index >= 15 is 0 Å². The molecule has 0 aliphatic heterocycles. The number of rotatable bonds is 11. The van der Waals surface area contributed by atoms with E-state index in [1.807, 2.05) is 30.5 Å². The van der Waals surface area contributed by atoms with Gasteiger partial charge in [0.1, 0.15) is 0 Å². The van der Waals surface area contributed by atoms with Gasteiger partial charge >= 0.3 is 0 Å². The number of hydrogen-bond acceptors (Lipinski definition) is 7. The van der Waals surface area contributed by atoms with Crippen molar-refractivity contribution in [1.82, 2.24) is 20.1 Å². The summed E-state index contributed by atoms with van der Waals surface area (Å²) in [6.45, 7) is 8.33. The molecule has 2 N–H and O–H groups in total. The maximum absolute atomic E-state index is 12.7. The predicted molar refractivity (Wildman–Crippen MR) is 144 cm³/mol. The molecule has 1 aromatic heterocycles. The van der Waals surface area contributed by atoms with Gasteiger partial charge in [-0.2, -0.15) is 0 Å². The number of ether oxygens (including phenoxy) is 2. The molecule has 11 heteroatoms. The SMILES string of the molecule is C=CCn1c(CNC(=O)c2ccc(OC)c(OC)c2)nnc1SCC(=O)Nc1ccc(Br)c(C)c1C. The highest BCUT2D eigenvalue weighted by molar-refractivity contribution is 9.10. The zero-order valence-corrected chi connectivity index (χ0v) is 23.0. The number of carbonyl (C=O) groups excluding carboxylic acids is 2. The summed E-state index contributed by atoms with van der Waals surface area (Å²) in [7, 11) is 3.05. The van der Waals surface area contributed by atoms with Gasteiger partial charge in [-0.05, 0) is 55.3 Å². The van der Waals surface area contributed by atoms with Crippen LogP contribution in [0.3, 0.4) is 0 Å². The van der Waals surface area contributed by atoms with Crippen LogP contribution in [0.4, 0.5) is 5.69 Å². The van der Waals surface area contributed by atoms with Crippen LogP contribution in [0, 0.1) is 13.8 Å². The average Bonchev–Trinajstić information content (AvgIpc) is 3.27. The maximum atomic E-state index is 12.7. The van der Waals surface area contributed by atoms with Crippen molar-refractivity contribution < 1.29 is 19.1 Å². The highest BCUT2D eigenvalue weighted by atomic mass is 79.9. The maximum Gasteiger partial charge on any atom is 0.251 e. The predicted octanol–water partition coefficient (Wildman–Crippen LogP) is 4.52. The Kier molecular flexibility index (Phi) is 9.54. The molecule has 3 aromatic rings. The fraction of sp³-hybridized carbons (Fsp3) is 0.280. The molecule has 0 fully saturated rings. The third-order valence-electron chi connectivity index (χ3n) is 5.49. The molecule has 0 radical (unpaired) electrons. The molecule has 36 heavy (non-hydrogen) atoms. The van der Waals surface area contributed by atoms with Gasteiger partial charge in [0.2, 0.25) is 5.91 Å². The zero-order valence-electron chi connectivity index (χ0n) is 20.6. The number of anilines is 1. The molecule has 3 rings (SSSR count). The smallest absolute Gasteiger partial charge is 0.251 e. The van der Waals surface area contributed by atoms with E-state index in [2.05, 4.69) is 43.3 Å². The Bertz CT molecular complexity index is 1280. The number of amides is 2. The molecule has 0 atom stereocenters. The molecule has 0 saturated carbocycles. The van der Waals surface area contributed by atoms with Crippen LogP contribution in [-0.4, -0.2) is 46.6 Å². The second kappa shape index (κ2) is 12.6. The molecule has 9 nitrogen and oxygen atoms in total. The van der Waals surface area contributed by atoms with Gasteiger partial charge in [0.05, 0.1) is 26.5 Å². The lowest BCUT2D eigenvalue weighted by Gasteiger charge is -2.12. The number of benzene rings is 2. The first kappa shape index (κ1) is 27.3. The van der Waals surface area contributed by atoms with Gasteiger partial charge in [-0.1, -0.05) is 33.8 Å². The Morgan fingerprint density at radius 2 is 1.86 bits per heavy atom. The highest BCUT2D eigenvalue weighted by Crippen LogP contribution is 2.28. The number of aromatic nitrogens is 3. The van der Waals surface area contributed by atoms with Crippen molar-refractivity contribution in [3.05, 3.63) is 70.0 Å². The van der Waals surface area contributed by atoms with Gasteiger partial charge in [0, 0.05) is 22.3 Å². The lowest BCUT2D eigenvalue weighted by molar-refractivity contribution is -0.113. The van der Waals surface area contributed by atoms with Gasteiger partial charge in [0.15, 0.2) is 22.5 Å². The Labute approximate surface area is 222 Å². The van der Waals surface area contributed by atoms with Gasteiger partial charge in [-0.15, -0.1) is 16.8 Å². The minimum atomic E-state index is -0.294. The van der Waals surface area contributed by atoms with E-state index in [0.717, 1.165) is 21.3 Å². The standard InChI is InChI=1S/C25H28BrN5O4S/c1-6-11-31-22(13-27-24(33)17-7-10-20(34-4)21(12-17)35-5)29-30-25(31)36-14-23(32)28-19-9-8-18(26)15(2)16(19)3/h6-10,12H,1,11,13-14H2,2-5H3,(H,27,33)(H,28,32). The highest BCUT2D eigenvalue weighted by Gasteiger charge is 2.16. The first-order chi connectivity index (χ1) is 17.3. The number of allylic oxidation sites excluding steroid dienone is 1. The van der Waals surface area contributed by atoms with Crippen molar-refractivity contribution in [3.63, 3.8) is 0 Å². The van der Waals surface area contributed by atoms with Crippen molar-refractivity contribution in [2.45, 2.75) is 32.1 Å². The van der Waals surface area contributed by atoms with Crippen LogP contribution in [0.2, 0.25) is 0 Å². The van der Waals surface area contributed by atoms with Crippen molar-refractivity contribution in [3.8, 4) is 11.5 Å². The molecule has 2 aromatic carbocycles. The van der Waals surface area contributed by atoms with E-state index in [0.29, 0.717) is 34.6 Å². The molecule has 0 spiro atoms. The van der Waals surface area contributed by atoms with Crippen LogP contribution < -0.4 is 20.1 Å². The van der Waals surface area contributed by atoms with E-state index in [1.165, 1.54) is 26.0 Å². The number of carbonyl (C=O) groups is 2. The fourth-order valence-electron chi connectivity index (χ4n) is 3.35. The van der Waals surface area contributed by atoms with Crippen LogP contribution in [0.15, 0.2) is 52.6 Å². The Balaban J connectivity index is 1.64. The molecular formula is C25H28BrN5O4S. The summed E-state index contributed by atoms with van der Waals surface area (Å²) >= 11 is 4.77. The van der Waals surface area contributed by atoms with Crippen molar-refractivity contribution in [2.75, 3.05) is 25.3 Å². The van der Waals surface area contributed by atoms with Crippen molar-refractivity contribution >= 4 is 45.2 Å². The second-order valence-corrected chi connectivity index (χ2v) is 9.53. The van der Waals surface area contributed by atoms with E-state index in [4.69, 9.17) is 9.47 Å². The van der Waals surface area contributed by atoms with Gasteiger partial charge < -0.3 is 24.7 Å². The summed E-state index contributed by atoms with van der Waals surface area (Å²) in [6.07, 6.45) is 1.71. The second-order valence-electron chi connectivity index (χ2n) is 7.73. The Hall–Kier alpha value is -3.31. The summed E-state index contributed by atoms with van der Waals surface area (Å²) in [5, 5.41) is 14.8. The van der Waals surface area contributed by atoms with E-state index < -0.39 is 0 Å². The molecular weight excluding hydrogens is 546 g/mol. The first-order valence-corrected chi connectivity index (χ1v) is 12.8. The summed E-state index contributed by atoms with van der Waals surface area (Å²) in [5.74, 6) is 1.26. The van der Waals surface area contributed by atoms with E-state index in [-0.39, 0.29) is 24.1 Å². The topological polar surface area (TPSA) is 107 Å². The Morgan fingerprint density at radius 3 is 2.56 bits per heavy atom. The number of methoxy groups -OCH3 is 2. The molecule has 0 bridgehead atoms. The fourth-order valence-corrected chi connectivity index (χ4v) is 4.54. The molecule has 0 saturated heterocycles. The molecule has 0 aliphatic rings. The quantitative estimate of drug-likeness (QED) is 0.256. The molecule has 0 unspecified atom stereocenters. The van der Waals surface area contributed by atoms with Gasteiger partial charge in [0.25, 0.3) is 5.91 Å². The van der Waals surface area contributed by atoms with Crippen LogP contribution in [0.5, 0.6) is 11.5 Å². The third-order valence-corrected chi connectivity index (χ3v) is 7.31. The van der Waals surface area contributed by atoms with Crippen LogP contribution in [0.1, 0.15) is 27.3 Å². The van der Waals surface area contributed by atoms with Crippen molar-refractivity contribution in [1.29, 1.82) is 0 Å². The van der Waals surface area contributed by atoms with Crippen molar-refractivity contribution in [2.24, 2.45) is 0 Å².